The summed E-state index contributed by atoms with van der Waals surface area (Å²) < 4.78 is 5.73. The number of furan rings is 1. The summed E-state index contributed by atoms with van der Waals surface area (Å²) in [6, 6.07) is 16.9. The molecule has 0 atom stereocenters. The Morgan fingerprint density at radius 1 is 1.05 bits per heavy atom. The van der Waals surface area contributed by atoms with Crippen molar-refractivity contribution in [3.8, 4) is 11.3 Å². The zero-order chi connectivity index (χ0) is 15.2. The van der Waals surface area contributed by atoms with E-state index in [9.17, 15) is 4.79 Å². The molecule has 3 aromatic rings. The van der Waals surface area contributed by atoms with Crippen LogP contribution in [0.2, 0.25) is 0 Å². The molecular weight excluding hydrogens is 296 g/mol. The summed E-state index contributed by atoms with van der Waals surface area (Å²) in [6.07, 6.45) is 3.44. The fourth-order valence-corrected chi connectivity index (χ4v) is 2.58. The first-order valence-corrected chi connectivity index (χ1v) is 7.78. The number of aromatic nitrogens is 1. The Labute approximate surface area is 132 Å². The largest absolute Gasteiger partial charge is 0.450 e. The maximum absolute atomic E-state index is 11.9. The van der Waals surface area contributed by atoms with E-state index in [1.807, 2.05) is 54.6 Å². The van der Waals surface area contributed by atoms with E-state index in [0.717, 1.165) is 22.1 Å². The third-order valence-electron chi connectivity index (χ3n) is 2.95. The third-order valence-corrected chi connectivity index (χ3v) is 3.86. The number of nitrogens with zero attached hydrogens (tertiary/aromatic N) is 1. The highest BCUT2D eigenvalue weighted by molar-refractivity contribution is 7.99. The summed E-state index contributed by atoms with van der Waals surface area (Å²) in [4.78, 5) is 15.9. The van der Waals surface area contributed by atoms with Crippen molar-refractivity contribution < 1.29 is 9.21 Å². The van der Waals surface area contributed by atoms with E-state index in [1.165, 1.54) is 11.8 Å². The van der Waals surface area contributed by atoms with E-state index in [-0.39, 0.29) is 5.91 Å². The SMILES string of the molecule is O=C(CSc1ccc(-c2ccncc2)o1)Nc1ccccc1. The standard InChI is InChI=1S/C17H14N2O2S/c20-16(19-14-4-2-1-3-5-14)12-22-17-7-6-15(21-17)13-8-10-18-11-9-13/h1-11H,12H2,(H,19,20). The summed E-state index contributed by atoms with van der Waals surface area (Å²) in [7, 11) is 0. The van der Waals surface area contributed by atoms with Gasteiger partial charge in [0, 0.05) is 23.6 Å². The second kappa shape index (κ2) is 6.95. The molecule has 110 valence electrons. The molecule has 0 bridgehead atoms. The molecule has 0 saturated carbocycles. The second-order valence-electron chi connectivity index (χ2n) is 4.56. The van der Waals surface area contributed by atoms with Crippen LogP contribution in [-0.2, 0) is 4.79 Å². The molecule has 2 aromatic heterocycles. The molecule has 0 spiro atoms. The van der Waals surface area contributed by atoms with Crippen LogP contribution < -0.4 is 5.32 Å². The molecule has 0 aliphatic heterocycles. The number of thioether (sulfide) groups is 1. The van der Waals surface area contributed by atoms with Gasteiger partial charge in [-0.15, -0.1) is 0 Å². The maximum atomic E-state index is 11.9. The minimum Gasteiger partial charge on any atom is -0.450 e. The number of rotatable bonds is 5. The molecule has 0 radical (unpaired) electrons. The fraction of sp³-hybridized carbons (Fsp3) is 0.0588. The zero-order valence-corrected chi connectivity index (χ0v) is 12.5. The average molecular weight is 310 g/mol. The van der Waals surface area contributed by atoms with Gasteiger partial charge in [-0.1, -0.05) is 30.0 Å². The highest BCUT2D eigenvalue weighted by atomic mass is 32.2. The quantitative estimate of drug-likeness (QED) is 0.722. The number of benzene rings is 1. The van der Waals surface area contributed by atoms with Gasteiger partial charge in [-0.25, -0.2) is 0 Å². The third kappa shape index (κ3) is 3.77. The summed E-state index contributed by atoms with van der Waals surface area (Å²) >= 11 is 1.37. The molecule has 22 heavy (non-hydrogen) atoms. The number of hydrogen-bond acceptors (Lipinski definition) is 4. The number of para-hydroxylation sites is 1. The molecule has 4 nitrogen and oxygen atoms in total. The highest BCUT2D eigenvalue weighted by Crippen LogP contribution is 2.27. The first-order valence-electron chi connectivity index (χ1n) is 6.79. The molecule has 2 heterocycles. The van der Waals surface area contributed by atoms with Crippen molar-refractivity contribution in [1.82, 2.24) is 4.98 Å². The van der Waals surface area contributed by atoms with Crippen molar-refractivity contribution in [1.29, 1.82) is 0 Å². The number of amides is 1. The van der Waals surface area contributed by atoms with Gasteiger partial charge in [-0.05, 0) is 36.4 Å². The van der Waals surface area contributed by atoms with Gasteiger partial charge in [-0.2, -0.15) is 0 Å². The van der Waals surface area contributed by atoms with Crippen molar-refractivity contribution in [2.24, 2.45) is 0 Å². The van der Waals surface area contributed by atoms with Crippen LogP contribution in [-0.4, -0.2) is 16.6 Å². The zero-order valence-electron chi connectivity index (χ0n) is 11.7. The molecule has 1 N–H and O–H groups in total. The Kier molecular flexibility index (Phi) is 4.56. The molecular formula is C17H14N2O2S. The number of nitrogens with one attached hydrogen (secondary N) is 1. The number of carbonyl (C=O) groups is 1. The first kappa shape index (κ1) is 14.4. The number of carbonyl (C=O) groups excluding carboxylic acids is 1. The lowest BCUT2D eigenvalue weighted by Gasteiger charge is -2.03. The Hall–Kier alpha value is -2.53. The molecule has 1 amide bonds. The monoisotopic (exact) mass is 310 g/mol. The van der Waals surface area contributed by atoms with Gasteiger partial charge in [-0.3, -0.25) is 9.78 Å². The lowest BCUT2D eigenvalue weighted by Crippen LogP contribution is -2.13. The van der Waals surface area contributed by atoms with Crippen LogP contribution >= 0.6 is 11.8 Å². The summed E-state index contributed by atoms with van der Waals surface area (Å²) in [6.45, 7) is 0. The number of anilines is 1. The van der Waals surface area contributed by atoms with Crippen molar-refractivity contribution in [3.05, 3.63) is 67.0 Å². The maximum Gasteiger partial charge on any atom is 0.234 e. The van der Waals surface area contributed by atoms with Crippen LogP contribution in [0.3, 0.4) is 0 Å². The molecule has 0 fully saturated rings. The summed E-state index contributed by atoms with van der Waals surface area (Å²) in [5, 5.41) is 3.56. The smallest absolute Gasteiger partial charge is 0.234 e. The van der Waals surface area contributed by atoms with E-state index in [1.54, 1.807) is 12.4 Å². The van der Waals surface area contributed by atoms with Gasteiger partial charge in [0.15, 0.2) is 5.09 Å². The van der Waals surface area contributed by atoms with Gasteiger partial charge < -0.3 is 9.73 Å². The summed E-state index contributed by atoms with van der Waals surface area (Å²) in [5.41, 5.74) is 1.76. The predicted octanol–water partition coefficient (Wildman–Crippen LogP) is 4.07. The van der Waals surface area contributed by atoms with Crippen molar-refractivity contribution in [2.75, 3.05) is 11.1 Å². The van der Waals surface area contributed by atoms with Crippen molar-refractivity contribution in [3.63, 3.8) is 0 Å². The molecule has 3 rings (SSSR count). The van der Waals surface area contributed by atoms with Crippen LogP contribution in [0.5, 0.6) is 0 Å². The molecule has 0 unspecified atom stereocenters. The summed E-state index contributed by atoms with van der Waals surface area (Å²) in [5.74, 6) is 1.02. The Morgan fingerprint density at radius 3 is 2.59 bits per heavy atom. The molecule has 0 saturated heterocycles. The Bertz CT molecular complexity index is 742. The van der Waals surface area contributed by atoms with Gasteiger partial charge in [0.05, 0.1) is 5.75 Å². The minimum absolute atomic E-state index is 0.0574. The van der Waals surface area contributed by atoms with Crippen molar-refractivity contribution >= 4 is 23.4 Å². The van der Waals surface area contributed by atoms with Crippen molar-refractivity contribution in [2.45, 2.75) is 5.09 Å². The van der Waals surface area contributed by atoms with Crippen LogP contribution in [0.1, 0.15) is 0 Å². The minimum atomic E-state index is -0.0574. The van der Waals surface area contributed by atoms with Gasteiger partial charge in [0.2, 0.25) is 5.91 Å². The highest BCUT2D eigenvalue weighted by Gasteiger charge is 2.08. The molecule has 0 aliphatic rings. The predicted molar refractivity (Wildman–Crippen MR) is 87.7 cm³/mol. The lowest BCUT2D eigenvalue weighted by atomic mass is 10.2. The van der Waals surface area contributed by atoms with E-state index in [0.29, 0.717) is 5.75 Å². The number of hydrogen-bond donors (Lipinski definition) is 1. The van der Waals surface area contributed by atoms with E-state index < -0.39 is 0 Å². The van der Waals surface area contributed by atoms with E-state index >= 15 is 0 Å². The topological polar surface area (TPSA) is 55.1 Å². The Balaban J connectivity index is 1.56. The molecule has 0 aliphatic carbocycles. The van der Waals surface area contributed by atoms with Gasteiger partial charge in [0.1, 0.15) is 5.76 Å². The van der Waals surface area contributed by atoms with Crippen LogP contribution in [0, 0.1) is 0 Å². The fourth-order valence-electron chi connectivity index (χ4n) is 1.92. The van der Waals surface area contributed by atoms with Crippen LogP contribution in [0.4, 0.5) is 5.69 Å². The van der Waals surface area contributed by atoms with Gasteiger partial charge in [0.25, 0.3) is 0 Å². The van der Waals surface area contributed by atoms with Gasteiger partial charge >= 0.3 is 0 Å². The first-order chi connectivity index (χ1) is 10.8. The lowest BCUT2D eigenvalue weighted by molar-refractivity contribution is -0.113. The van der Waals surface area contributed by atoms with Crippen LogP contribution in [0.25, 0.3) is 11.3 Å². The van der Waals surface area contributed by atoms with E-state index in [2.05, 4.69) is 10.3 Å². The molecule has 1 aromatic carbocycles. The molecule has 5 heteroatoms. The number of pyridine rings is 1. The normalized spacial score (nSPS) is 10.4. The Morgan fingerprint density at radius 2 is 1.82 bits per heavy atom. The average Bonchev–Trinajstić information content (AvgIpc) is 3.04. The second-order valence-corrected chi connectivity index (χ2v) is 5.54. The van der Waals surface area contributed by atoms with E-state index in [4.69, 9.17) is 4.42 Å². The van der Waals surface area contributed by atoms with Crippen LogP contribution in [0.15, 0.2) is 76.5 Å².